The van der Waals surface area contributed by atoms with Crippen molar-refractivity contribution in [2.45, 2.75) is 25.7 Å². The molecule has 0 saturated carbocycles. The van der Waals surface area contributed by atoms with Gasteiger partial charge in [0.1, 0.15) is 0 Å². The highest BCUT2D eigenvalue weighted by molar-refractivity contribution is 5.94. The van der Waals surface area contributed by atoms with Gasteiger partial charge in [-0.1, -0.05) is 0 Å². The normalized spacial score (nSPS) is 14.2. The number of carbonyl (C=O) groups is 1. The van der Waals surface area contributed by atoms with Crippen LogP contribution in [0.2, 0.25) is 0 Å². The molecule has 2 N–H and O–H groups in total. The molecule has 28 heavy (non-hydrogen) atoms. The number of amides is 1. The first-order valence-electron chi connectivity index (χ1n) is 10.1. The summed E-state index contributed by atoms with van der Waals surface area (Å²) in [5.41, 5.74) is 3.65. The molecule has 1 saturated heterocycles. The molecule has 0 radical (unpaired) electrons. The van der Waals surface area contributed by atoms with Gasteiger partial charge in [-0.3, -0.25) is 9.78 Å². The maximum atomic E-state index is 12.3. The maximum Gasteiger partial charge on any atom is 0.252 e. The van der Waals surface area contributed by atoms with Crippen molar-refractivity contribution in [1.82, 2.24) is 15.2 Å². The molecule has 1 aliphatic heterocycles. The topological polar surface area (TPSA) is 60.5 Å². The number of hydrogen-bond acceptors (Lipinski definition) is 5. The monoisotopic (exact) mass is 381 g/mol. The van der Waals surface area contributed by atoms with Gasteiger partial charge in [-0.2, -0.15) is 0 Å². The van der Waals surface area contributed by atoms with E-state index in [1.54, 1.807) is 12.4 Å². The van der Waals surface area contributed by atoms with Crippen LogP contribution in [0.5, 0.6) is 0 Å². The molecule has 2 heterocycles. The van der Waals surface area contributed by atoms with Crippen LogP contribution in [0.3, 0.4) is 0 Å². The highest BCUT2D eigenvalue weighted by Gasteiger charge is 2.11. The summed E-state index contributed by atoms with van der Waals surface area (Å²) in [7, 11) is 4.06. The third-order valence-electron chi connectivity index (χ3n) is 4.95. The second kappa shape index (κ2) is 10.1. The van der Waals surface area contributed by atoms with Crippen molar-refractivity contribution in [3.63, 3.8) is 0 Å². The standard InChI is InChI=1S/C22H31N5O/c1-26(2)12-6-11-24-22(28)18-15-20(17-23-16-18)25-19-7-9-21(10-8-19)27-13-4-3-5-14-27/h7-10,15-17,25H,3-6,11-14H2,1-2H3,(H,24,28). The predicted molar refractivity (Wildman–Crippen MR) is 116 cm³/mol. The molecular weight excluding hydrogens is 350 g/mol. The van der Waals surface area contributed by atoms with Crippen molar-refractivity contribution in [2.75, 3.05) is 50.5 Å². The first-order chi connectivity index (χ1) is 13.6. The van der Waals surface area contributed by atoms with E-state index < -0.39 is 0 Å². The van der Waals surface area contributed by atoms with Crippen LogP contribution in [0.1, 0.15) is 36.0 Å². The van der Waals surface area contributed by atoms with Crippen molar-refractivity contribution >= 4 is 23.0 Å². The van der Waals surface area contributed by atoms with Gasteiger partial charge in [0.25, 0.3) is 5.91 Å². The van der Waals surface area contributed by atoms with Crippen LogP contribution in [-0.2, 0) is 0 Å². The highest BCUT2D eigenvalue weighted by atomic mass is 16.1. The fraction of sp³-hybridized carbons (Fsp3) is 0.455. The van der Waals surface area contributed by atoms with E-state index in [1.165, 1.54) is 24.9 Å². The Hall–Kier alpha value is -2.60. The molecule has 3 rings (SSSR count). The SMILES string of the molecule is CN(C)CCCNC(=O)c1cncc(Nc2ccc(N3CCCCC3)cc2)c1. The van der Waals surface area contributed by atoms with Gasteiger partial charge in [-0.05, 0) is 76.7 Å². The summed E-state index contributed by atoms with van der Waals surface area (Å²) >= 11 is 0. The van der Waals surface area contributed by atoms with E-state index in [-0.39, 0.29) is 5.91 Å². The van der Waals surface area contributed by atoms with Crippen molar-refractivity contribution in [2.24, 2.45) is 0 Å². The number of piperidine rings is 1. The quantitative estimate of drug-likeness (QED) is 0.686. The Morgan fingerprint density at radius 2 is 1.82 bits per heavy atom. The summed E-state index contributed by atoms with van der Waals surface area (Å²) in [6.45, 7) is 3.89. The van der Waals surface area contributed by atoms with Crippen molar-refractivity contribution < 1.29 is 4.79 Å². The number of rotatable bonds is 8. The van der Waals surface area contributed by atoms with Gasteiger partial charge in [0.15, 0.2) is 0 Å². The van der Waals surface area contributed by atoms with Gasteiger partial charge in [0.05, 0.1) is 17.4 Å². The first-order valence-corrected chi connectivity index (χ1v) is 10.1. The van der Waals surface area contributed by atoms with Crippen LogP contribution in [0, 0.1) is 0 Å². The number of aromatic nitrogens is 1. The lowest BCUT2D eigenvalue weighted by Gasteiger charge is -2.28. The number of carbonyl (C=O) groups excluding carboxylic acids is 1. The Bertz CT molecular complexity index is 754. The summed E-state index contributed by atoms with van der Waals surface area (Å²) in [5, 5.41) is 6.29. The zero-order chi connectivity index (χ0) is 19.8. The minimum absolute atomic E-state index is 0.0876. The summed E-state index contributed by atoms with van der Waals surface area (Å²) in [4.78, 5) is 21.1. The lowest BCUT2D eigenvalue weighted by molar-refractivity contribution is 0.0952. The van der Waals surface area contributed by atoms with Gasteiger partial charge in [0, 0.05) is 37.2 Å². The van der Waals surface area contributed by atoms with E-state index in [4.69, 9.17) is 0 Å². The molecule has 2 aromatic rings. The van der Waals surface area contributed by atoms with Crippen LogP contribution in [0.15, 0.2) is 42.7 Å². The smallest absolute Gasteiger partial charge is 0.252 e. The number of pyridine rings is 1. The fourth-order valence-electron chi connectivity index (χ4n) is 3.41. The van der Waals surface area contributed by atoms with E-state index in [1.807, 2.05) is 20.2 Å². The van der Waals surface area contributed by atoms with Crippen LogP contribution in [-0.4, -0.2) is 56.1 Å². The Morgan fingerprint density at radius 3 is 2.54 bits per heavy atom. The lowest BCUT2D eigenvalue weighted by atomic mass is 10.1. The predicted octanol–water partition coefficient (Wildman–Crippen LogP) is 3.50. The summed E-state index contributed by atoms with van der Waals surface area (Å²) in [6, 6.07) is 10.3. The molecule has 1 amide bonds. The number of nitrogens with one attached hydrogen (secondary N) is 2. The molecule has 1 aliphatic rings. The average Bonchev–Trinajstić information content (AvgIpc) is 2.72. The number of benzene rings is 1. The summed E-state index contributed by atoms with van der Waals surface area (Å²) in [5.74, 6) is -0.0876. The van der Waals surface area contributed by atoms with Crippen molar-refractivity contribution in [3.8, 4) is 0 Å². The highest BCUT2D eigenvalue weighted by Crippen LogP contribution is 2.23. The maximum absolute atomic E-state index is 12.3. The number of hydrogen-bond donors (Lipinski definition) is 2. The van der Waals surface area contributed by atoms with Gasteiger partial charge < -0.3 is 20.4 Å². The van der Waals surface area contributed by atoms with E-state index in [0.717, 1.165) is 37.4 Å². The molecule has 0 bridgehead atoms. The molecule has 150 valence electrons. The molecular formula is C22H31N5O. The van der Waals surface area contributed by atoms with Crippen LogP contribution in [0.25, 0.3) is 0 Å². The zero-order valence-electron chi connectivity index (χ0n) is 16.9. The average molecular weight is 382 g/mol. The van der Waals surface area contributed by atoms with Crippen LogP contribution >= 0.6 is 0 Å². The minimum Gasteiger partial charge on any atom is -0.372 e. The molecule has 1 aromatic heterocycles. The summed E-state index contributed by atoms with van der Waals surface area (Å²) in [6.07, 6.45) is 8.15. The van der Waals surface area contributed by atoms with Crippen molar-refractivity contribution in [3.05, 3.63) is 48.3 Å². The molecule has 0 aliphatic carbocycles. The minimum atomic E-state index is -0.0876. The lowest BCUT2D eigenvalue weighted by Crippen LogP contribution is -2.29. The third kappa shape index (κ3) is 5.96. The van der Waals surface area contributed by atoms with Gasteiger partial charge in [-0.15, -0.1) is 0 Å². The first kappa shape index (κ1) is 20.1. The Kier molecular flexibility index (Phi) is 7.25. The fourth-order valence-corrected chi connectivity index (χ4v) is 3.41. The van der Waals surface area contributed by atoms with Crippen LogP contribution in [0.4, 0.5) is 17.1 Å². The molecule has 0 atom stereocenters. The van der Waals surface area contributed by atoms with E-state index >= 15 is 0 Å². The van der Waals surface area contributed by atoms with Gasteiger partial charge in [-0.25, -0.2) is 0 Å². The van der Waals surface area contributed by atoms with Crippen molar-refractivity contribution in [1.29, 1.82) is 0 Å². The van der Waals surface area contributed by atoms with E-state index in [0.29, 0.717) is 12.1 Å². The zero-order valence-corrected chi connectivity index (χ0v) is 16.9. The second-order valence-corrected chi connectivity index (χ2v) is 7.59. The molecule has 1 fully saturated rings. The van der Waals surface area contributed by atoms with Crippen LogP contribution < -0.4 is 15.5 Å². The van der Waals surface area contributed by atoms with Gasteiger partial charge >= 0.3 is 0 Å². The second-order valence-electron chi connectivity index (χ2n) is 7.59. The number of anilines is 3. The molecule has 6 nitrogen and oxygen atoms in total. The van der Waals surface area contributed by atoms with Gasteiger partial charge in [0.2, 0.25) is 0 Å². The third-order valence-corrected chi connectivity index (χ3v) is 4.95. The van der Waals surface area contributed by atoms with E-state index in [9.17, 15) is 4.79 Å². The molecule has 6 heteroatoms. The Morgan fingerprint density at radius 1 is 1.07 bits per heavy atom. The molecule has 1 aromatic carbocycles. The summed E-state index contributed by atoms with van der Waals surface area (Å²) < 4.78 is 0. The largest absolute Gasteiger partial charge is 0.372 e. The Balaban J connectivity index is 1.55. The van der Waals surface area contributed by atoms with E-state index in [2.05, 4.69) is 49.7 Å². The Labute approximate surface area is 167 Å². The molecule has 0 spiro atoms. The molecule has 0 unspecified atom stereocenters. The number of nitrogens with zero attached hydrogens (tertiary/aromatic N) is 3.